The van der Waals surface area contributed by atoms with E-state index in [0.717, 1.165) is 0 Å². The molecule has 0 heterocycles. The van der Waals surface area contributed by atoms with E-state index in [2.05, 4.69) is 10.6 Å². The standard InChI is InChI=1S/C12H21N5O7/c1-5(18)10(17-8(20)3-13)12(24)16-6(2-7(14)19)11(23)15-4-9(21)22/h5-6,10,18H,2-4,13H2,1H3,(H2,14,19)(H,15,23)(H,16,24)(H,17,20)(H,21,22). The second kappa shape index (κ2) is 10.1. The molecule has 136 valence electrons. The molecule has 24 heavy (non-hydrogen) atoms. The number of nitrogens with two attached hydrogens (primary N) is 2. The van der Waals surface area contributed by atoms with Crippen LogP contribution in [0.1, 0.15) is 13.3 Å². The summed E-state index contributed by atoms with van der Waals surface area (Å²) < 4.78 is 0. The summed E-state index contributed by atoms with van der Waals surface area (Å²) in [6, 6.07) is -2.89. The maximum absolute atomic E-state index is 12.1. The fourth-order valence-corrected chi connectivity index (χ4v) is 1.60. The first-order valence-corrected chi connectivity index (χ1v) is 6.84. The number of amides is 4. The molecule has 0 bridgehead atoms. The van der Waals surface area contributed by atoms with Crippen LogP contribution in [0, 0.1) is 0 Å². The van der Waals surface area contributed by atoms with Crippen molar-refractivity contribution in [3.8, 4) is 0 Å². The average Bonchev–Trinajstić information content (AvgIpc) is 2.48. The molecule has 3 unspecified atom stereocenters. The quantitative estimate of drug-likeness (QED) is 0.203. The molecule has 3 atom stereocenters. The van der Waals surface area contributed by atoms with Gasteiger partial charge in [0.1, 0.15) is 18.6 Å². The second-order valence-corrected chi connectivity index (χ2v) is 4.83. The number of rotatable bonds is 10. The van der Waals surface area contributed by atoms with E-state index < -0.39 is 67.3 Å². The molecule has 4 amide bonds. The van der Waals surface area contributed by atoms with E-state index in [4.69, 9.17) is 16.6 Å². The fraction of sp³-hybridized carbons (Fsp3) is 0.583. The molecule has 0 spiro atoms. The van der Waals surface area contributed by atoms with Gasteiger partial charge in [0.15, 0.2) is 0 Å². The summed E-state index contributed by atoms with van der Waals surface area (Å²) in [7, 11) is 0. The van der Waals surface area contributed by atoms with E-state index in [-0.39, 0.29) is 0 Å². The summed E-state index contributed by atoms with van der Waals surface area (Å²) in [5, 5.41) is 24.3. The van der Waals surface area contributed by atoms with Gasteiger partial charge in [-0.05, 0) is 6.92 Å². The van der Waals surface area contributed by atoms with Gasteiger partial charge in [0.2, 0.25) is 23.6 Å². The Labute approximate surface area is 136 Å². The maximum Gasteiger partial charge on any atom is 0.322 e. The molecule has 0 fully saturated rings. The third-order valence-corrected chi connectivity index (χ3v) is 2.72. The van der Waals surface area contributed by atoms with Crippen molar-refractivity contribution in [2.45, 2.75) is 31.5 Å². The van der Waals surface area contributed by atoms with Crippen LogP contribution >= 0.6 is 0 Å². The number of carbonyl (C=O) groups excluding carboxylic acids is 4. The maximum atomic E-state index is 12.1. The van der Waals surface area contributed by atoms with Crippen LogP contribution in [0.25, 0.3) is 0 Å². The molecule has 12 heteroatoms. The number of carboxylic acid groups (broad SMARTS) is 1. The number of hydrogen-bond donors (Lipinski definition) is 7. The average molecular weight is 347 g/mol. The summed E-state index contributed by atoms with van der Waals surface area (Å²) in [6.45, 7) is 0.0582. The Morgan fingerprint density at radius 3 is 2.08 bits per heavy atom. The van der Waals surface area contributed by atoms with Crippen LogP contribution in [0.15, 0.2) is 0 Å². The van der Waals surface area contributed by atoms with Crippen molar-refractivity contribution >= 4 is 29.6 Å². The van der Waals surface area contributed by atoms with Gasteiger partial charge in [-0.15, -0.1) is 0 Å². The lowest BCUT2D eigenvalue weighted by molar-refractivity contribution is -0.139. The van der Waals surface area contributed by atoms with Crippen molar-refractivity contribution in [2.75, 3.05) is 13.1 Å². The summed E-state index contributed by atoms with van der Waals surface area (Å²) in [5.41, 5.74) is 10.1. The zero-order chi connectivity index (χ0) is 18.9. The SMILES string of the molecule is CC(O)C(NC(=O)CN)C(=O)NC(CC(N)=O)C(=O)NCC(=O)O. The normalized spacial score (nSPS) is 14.0. The molecule has 9 N–H and O–H groups in total. The summed E-state index contributed by atoms with van der Waals surface area (Å²) >= 11 is 0. The molecule has 0 aromatic heterocycles. The number of nitrogens with one attached hydrogen (secondary N) is 3. The van der Waals surface area contributed by atoms with Crippen molar-refractivity contribution in [1.82, 2.24) is 16.0 Å². The first kappa shape index (κ1) is 21.3. The van der Waals surface area contributed by atoms with Crippen molar-refractivity contribution in [3.05, 3.63) is 0 Å². The smallest absolute Gasteiger partial charge is 0.322 e. The number of aliphatic hydroxyl groups is 1. The molecule has 12 nitrogen and oxygen atoms in total. The van der Waals surface area contributed by atoms with Gasteiger partial charge in [-0.1, -0.05) is 0 Å². The molecule has 0 aromatic rings. The van der Waals surface area contributed by atoms with E-state index in [1.807, 2.05) is 5.32 Å². The number of carboxylic acids is 1. The van der Waals surface area contributed by atoms with Crippen LogP contribution in [0.4, 0.5) is 0 Å². The Morgan fingerprint density at radius 1 is 1.08 bits per heavy atom. The lowest BCUT2D eigenvalue weighted by atomic mass is 10.1. The molecule has 0 radical (unpaired) electrons. The van der Waals surface area contributed by atoms with E-state index in [1.54, 1.807) is 0 Å². The van der Waals surface area contributed by atoms with Crippen LogP contribution in [0.5, 0.6) is 0 Å². The highest BCUT2D eigenvalue weighted by molar-refractivity contribution is 5.95. The van der Waals surface area contributed by atoms with Gasteiger partial charge >= 0.3 is 5.97 Å². The Hall–Kier alpha value is -2.73. The third-order valence-electron chi connectivity index (χ3n) is 2.72. The Balaban J connectivity index is 5.05. The van der Waals surface area contributed by atoms with Crippen molar-refractivity contribution in [2.24, 2.45) is 11.5 Å². The predicted octanol–water partition coefficient (Wildman–Crippen LogP) is -4.63. The van der Waals surface area contributed by atoms with Gasteiger partial charge in [0, 0.05) is 0 Å². The second-order valence-electron chi connectivity index (χ2n) is 4.83. The number of carbonyl (C=O) groups is 5. The van der Waals surface area contributed by atoms with Gasteiger partial charge in [0.25, 0.3) is 0 Å². The predicted molar refractivity (Wildman–Crippen MR) is 79.1 cm³/mol. The van der Waals surface area contributed by atoms with Crippen LogP contribution in [-0.2, 0) is 24.0 Å². The lowest BCUT2D eigenvalue weighted by Crippen LogP contribution is -2.58. The van der Waals surface area contributed by atoms with Crippen molar-refractivity contribution in [1.29, 1.82) is 0 Å². The molecule has 0 aliphatic rings. The molecule has 0 aliphatic heterocycles. The Bertz CT molecular complexity index is 508. The molecule has 0 rings (SSSR count). The zero-order valence-electron chi connectivity index (χ0n) is 12.9. The molecular weight excluding hydrogens is 326 g/mol. The van der Waals surface area contributed by atoms with Gasteiger partial charge in [-0.25, -0.2) is 0 Å². The zero-order valence-corrected chi connectivity index (χ0v) is 12.9. The largest absolute Gasteiger partial charge is 0.480 e. The van der Waals surface area contributed by atoms with Crippen LogP contribution in [0.3, 0.4) is 0 Å². The number of aliphatic carboxylic acids is 1. The van der Waals surface area contributed by atoms with Gasteiger partial charge in [-0.2, -0.15) is 0 Å². The first-order valence-electron chi connectivity index (χ1n) is 6.84. The molecule has 0 saturated carbocycles. The van der Waals surface area contributed by atoms with Gasteiger partial charge in [0.05, 0.1) is 19.1 Å². The first-order chi connectivity index (χ1) is 11.1. The van der Waals surface area contributed by atoms with Crippen molar-refractivity contribution in [3.63, 3.8) is 0 Å². The number of primary amides is 1. The minimum Gasteiger partial charge on any atom is -0.480 e. The summed E-state index contributed by atoms with van der Waals surface area (Å²) in [6.07, 6.45) is -1.93. The van der Waals surface area contributed by atoms with Gasteiger partial charge in [-0.3, -0.25) is 24.0 Å². The number of aliphatic hydroxyl groups excluding tert-OH is 1. The monoisotopic (exact) mass is 347 g/mol. The van der Waals surface area contributed by atoms with Crippen LogP contribution in [-0.4, -0.2) is 71.1 Å². The van der Waals surface area contributed by atoms with Crippen LogP contribution < -0.4 is 27.4 Å². The Kier molecular flexibility index (Phi) is 8.97. The molecule has 0 saturated heterocycles. The lowest BCUT2D eigenvalue weighted by Gasteiger charge is -2.23. The molecule has 0 aromatic carbocycles. The summed E-state index contributed by atoms with van der Waals surface area (Å²) in [5.74, 6) is -4.91. The van der Waals surface area contributed by atoms with Crippen LogP contribution in [0.2, 0.25) is 0 Å². The van der Waals surface area contributed by atoms with E-state index >= 15 is 0 Å². The van der Waals surface area contributed by atoms with E-state index in [9.17, 15) is 29.1 Å². The highest BCUT2D eigenvalue weighted by Crippen LogP contribution is 1.98. The third kappa shape index (κ3) is 8.05. The highest BCUT2D eigenvalue weighted by Gasteiger charge is 2.30. The topological polar surface area (TPSA) is 214 Å². The Morgan fingerprint density at radius 2 is 1.67 bits per heavy atom. The van der Waals surface area contributed by atoms with E-state index in [1.165, 1.54) is 6.92 Å². The minimum absolute atomic E-state index is 0.430. The minimum atomic E-state index is -1.47. The summed E-state index contributed by atoms with van der Waals surface area (Å²) in [4.78, 5) is 56.6. The number of hydrogen-bond acceptors (Lipinski definition) is 7. The highest BCUT2D eigenvalue weighted by atomic mass is 16.4. The van der Waals surface area contributed by atoms with E-state index in [0.29, 0.717) is 0 Å². The molecular formula is C12H21N5O7. The fourth-order valence-electron chi connectivity index (χ4n) is 1.60. The van der Waals surface area contributed by atoms with Crippen molar-refractivity contribution < 1.29 is 34.2 Å². The molecule has 0 aliphatic carbocycles. The van der Waals surface area contributed by atoms with Gasteiger partial charge < -0.3 is 37.6 Å².